The quantitative estimate of drug-likeness (QED) is 0.580. The fraction of sp³-hybridized carbons (Fsp3) is 0.500. The highest BCUT2D eigenvalue weighted by Gasteiger charge is 2.13. The Morgan fingerprint density at radius 2 is 1.72 bits per heavy atom. The molecule has 7 nitrogen and oxygen atoms in total. The van der Waals surface area contributed by atoms with E-state index in [4.69, 9.17) is 9.47 Å². The first-order valence-corrected chi connectivity index (χ1v) is 8.13. The van der Waals surface area contributed by atoms with Crippen molar-refractivity contribution in [3.63, 3.8) is 0 Å². The summed E-state index contributed by atoms with van der Waals surface area (Å²) >= 11 is 0. The van der Waals surface area contributed by atoms with E-state index in [1.165, 1.54) is 12.6 Å². The molecule has 0 heterocycles. The van der Waals surface area contributed by atoms with E-state index in [9.17, 15) is 14.4 Å². The van der Waals surface area contributed by atoms with E-state index in [0.717, 1.165) is 5.75 Å². The number of benzene rings is 1. The van der Waals surface area contributed by atoms with Gasteiger partial charge in [0.25, 0.3) is 5.91 Å². The van der Waals surface area contributed by atoms with Gasteiger partial charge in [-0.25, -0.2) is 4.79 Å². The van der Waals surface area contributed by atoms with E-state index in [0.29, 0.717) is 13.0 Å². The molecule has 25 heavy (non-hydrogen) atoms. The van der Waals surface area contributed by atoms with Crippen molar-refractivity contribution in [1.82, 2.24) is 10.6 Å². The van der Waals surface area contributed by atoms with Gasteiger partial charge >= 0.3 is 12.0 Å². The molecule has 3 amide bonds. The average Bonchev–Trinajstić information content (AvgIpc) is 2.56. The maximum Gasteiger partial charge on any atom is 0.321 e. The van der Waals surface area contributed by atoms with Gasteiger partial charge in [-0.05, 0) is 29.5 Å². The van der Waals surface area contributed by atoms with Crippen LogP contribution in [0.5, 0.6) is 5.75 Å². The minimum absolute atomic E-state index is 0.0897. The highest BCUT2D eigenvalue weighted by Crippen LogP contribution is 2.24. The summed E-state index contributed by atoms with van der Waals surface area (Å²) < 4.78 is 10.3. The lowest BCUT2D eigenvalue weighted by atomic mass is 9.87. The molecule has 0 aromatic heterocycles. The van der Waals surface area contributed by atoms with Crippen LogP contribution in [-0.4, -0.2) is 38.2 Å². The molecule has 0 atom stereocenters. The smallest absolute Gasteiger partial charge is 0.321 e. The third-order valence-electron chi connectivity index (χ3n) is 3.36. The highest BCUT2D eigenvalue weighted by molar-refractivity contribution is 5.95. The lowest BCUT2D eigenvalue weighted by Gasteiger charge is -2.19. The summed E-state index contributed by atoms with van der Waals surface area (Å²) in [5, 5.41) is 4.22. The van der Waals surface area contributed by atoms with Gasteiger partial charge in [0, 0.05) is 13.5 Å². The minimum Gasteiger partial charge on any atom is -0.494 e. The first-order chi connectivity index (χ1) is 11.7. The number of ether oxygens (including phenoxy) is 2. The number of carbonyl (C=O) groups excluding carboxylic acids is 3. The molecule has 7 heteroatoms. The van der Waals surface area contributed by atoms with Crippen molar-refractivity contribution >= 4 is 17.9 Å². The normalized spacial score (nSPS) is 10.7. The van der Waals surface area contributed by atoms with Gasteiger partial charge in [0.05, 0.1) is 6.61 Å². The lowest BCUT2D eigenvalue weighted by molar-refractivity contribution is -0.148. The Balaban J connectivity index is 2.21. The van der Waals surface area contributed by atoms with Crippen molar-refractivity contribution in [3.05, 3.63) is 29.8 Å². The molecule has 138 valence electrons. The van der Waals surface area contributed by atoms with Gasteiger partial charge in [-0.15, -0.1) is 0 Å². The number of imide groups is 1. The molecule has 0 spiro atoms. The van der Waals surface area contributed by atoms with E-state index in [1.54, 1.807) is 0 Å². The Hall–Kier alpha value is -2.57. The van der Waals surface area contributed by atoms with Gasteiger partial charge in [0.15, 0.2) is 6.61 Å². The van der Waals surface area contributed by atoms with E-state index in [1.807, 2.05) is 29.6 Å². The molecule has 1 aromatic rings. The Morgan fingerprint density at radius 3 is 2.28 bits per heavy atom. The third kappa shape index (κ3) is 8.19. The standard InChI is InChI=1S/C18H26N2O5/c1-18(2,3)13-7-9-14(10-8-13)24-11-5-6-16(22)25-12-15(21)20-17(23)19-4/h7-10H,5-6,11-12H2,1-4H3,(H2,19,20,21,23). The summed E-state index contributed by atoms with van der Waals surface area (Å²) in [6, 6.07) is 7.21. The van der Waals surface area contributed by atoms with Crippen LogP contribution in [0.3, 0.4) is 0 Å². The number of nitrogens with one attached hydrogen (secondary N) is 2. The van der Waals surface area contributed by atoms with Gasteiger partial charge in [-0.1, -0.05) is 32.9 Å². The summed E-state index contributed by atoms with van der Waals surface area (Å²) in [7, 11) is 1.38. The molecule has 1 rings (SSSR count). The van der Waals surface area contributed by atoms with Crippen molar-refractivity contribution < 1.29 is 23.9 Å². The molecule has 0 unspecified atom stereocenters. The number of urea groups is 1. The van der Waals surface area contributed by atoms with Gasteiger partial charge in [-0.2, -0.15) is 0 Å². The zero-order valence-corrected chi connectivity index (χ0v) is 15.2. The fourth-order valence-corrected chi connectivity index (χ4v) is 1.90. The summed E-state index contributed by atoms with van der Waals surface area (Å²) in [5.41, 5.74) is 1.31. The molecule has 0 fully saturated rings. The van der Waals surface area contributed by atoms with Crippen LogP contribution in [0.2, 0.25) is 0 Å². The van der Waals surface area contributed by atoms with Crippen LogP contribution in [-0.2, 0) is 19.7 Å². The van der Waals surface area contributed by atoms with Crippen LogP contribution < -0.4 is 15.4 Å². The second-order valence-electron chi connectivity index (χ2n) is 6.51. The Labute approximate surface area is 148 Å². The van der Waals surface area contributed by atoms with Crippen molar-refractivity contribution in [2.24, 2.45) is 0 Å². The summed E-state index contributed by atoms with van der Waals surface area (Å²) in [5.74, 6) is -0.451. The number of hydrogen-bond acceptors (Lipinski definition) is 5. The largest absolute Gasteiger partial charge is 0.494 e. The van der Waals surface area contributed by atoms with Crippen molar-refractivity contribution in [2.75, 3.05) is 20.3 Å². The van der Waals surface area contributed by atoms with Gasteiger partial charge in [-0.3, -0.25) is 14.9 Å². The number of amides is 3. The maximum atomic E-state index is 11.5. The molecule has 0 aliphatic rings. The van der Waals surface area contributed by atoms with Gasteiger partial charge in [0.2, 0.25) is 0 Å². The van der Waals surface area contributed by atoms with E-state index >= 15 is 0 Å². The molecule has 1 aromatic carbocycles. The SMILES string of the molecule is CNC(=O)NC(=O)COC(=O)CCCOc1ccc(C(C)(C)C)cc1. The van der Waals surface area contributed by atoms with E-state index in [-0.39, 0.29) is 11.8 Å². The summed E-state index contributed by atoms with van der Waals surface area (Å²) in [6.07, 6.45) is 0.601. The molecule has 0 radical (unpaired) electrons. The summed E-state index contributed by atoms with van der Waals surface area (Å²) in [4.78, 5) is 33.7. The van der Waals surface area contributed by atoms with Crippen LogP contribution in [0, 0.1) is 0 Å². The van der Waals surface area contributed by atoms with Crippen LogP contribution in [0.1, 0.15) is 39.2 Å². The second kappa shape index (κ2) is 9.66. The molecule has 0 aliphatic heterocycles. The number of rotatable bonds is 7. The van der Waals surface area contributed by atoms with Crippen LogP contribution >= 0.6 is 0 Å². The van der Waals surface area contributed by atoms with Crippen LogP contribution in [0.4, 0.5) is 4.79 Å². The fourth-order valence-electron chi connectivity index (χ4n) is 1.90. The monoisotopic (exact) mass is 350 g/mol. The number of carbonyl (C=O) groups is 3. The first kappa shape index (κ1) is 20.5. The topological polar surface area (TPSA) is 93.7 Å². The highest BCUT2D eigenvalue weighted by atomic mass is 16.5. The molecule has 2 N–H and O–H groups in total. The maximum absolute atomic E-state index is 11.5. The zero-order chi connectivity index (χ0) is 18.9. The number of esters is 1. The lowest BCUT2D eigenvalue weighted by Crippen LogP contribution is -2.39. The van der Waals surface area contributed by atoms with Crippen molar-refractivity contribution in [3.8, 4) is 5.75 Å². The van der Waals surface area contributed by atoms with Crippen molar-refractivity contribution in [1.29, 1.82) is 0 Å². The van der Waals surface area contributed by atoms with Gasteiger partial charge in [0.1, 0.15) is 5.75 Å². The molecule has 0 saturated carbocycles. The van der Waals surface area contributed by atoms with E-state index in [2.05, 4.69) is 26.1 Å². The Bertz CT molecular complexity index is 590. The Kier molecular flexibility index (Phi) is 7.91. The zero-order valence-electron chi connectivity index (χ0n) is 15.2. The summed E-state index contributed by atoms with van der Waals surface area (Å²) in [6.45, 7) is 6.31. The van der Waals surface area contributed by atoms with Crippen LogP contribution in [0.15, 0.2) is 24.3 Å². The van der Waals surface area contributed by atoms with Crippen molar-refractivity contribution in [2.45, 2.75) is 39.0 Å². The third-order valence-corrected chi connectivity index (χ3v) is 3.36. The molecule has 0 bridgehead atoms. The van der Waals surface area contributed by atoms with Gasteiger partial charge < -0.3 is 14.8 Å². The predicted molar refractivity (Wildman–Crippen MR) is 93.4 cm³/mol. The predicted octanol–water partition coefficient (Wildman–Crippen LogP) is 2.14. The molecule has 0 saturated heterocycles. The minimum atomic E-state index is -0.678. The number of hydrogen-bond donors (Lipinski definition) is 2. The average molecular weight is 350 g/mol. The van der Waals surface area contributed by atoms with Crippen LogP contribution in [0.25, 0.3) is 0 Å². The molecular weight excluding hydrogens is 324 g/mol. The first-order valence-electron chi connectivity index (χ1n) is 8.13. The Morgan fingerprint density at radius 1 is 1.08 bits per heavy atom. The molecule has 0 aliphatic carbocycles. The second-order valence-corrected chi connectivity index (χ2v) is 6.51. The van der Waals surface area contributed by atoms with E-state index < -0.39 is 24.5 Å². The molecular formula is C18H26N2O5.